The summed E-state index contributed by atoms with van der Waals surface area (Å²) in [4.78, 5) is 0. The molecule has 0 amide bonds. The Morgan fingerprint density at radius 2 is 1.71 bits per heavy atom. The largest absolute Gasteiger partial charge is 0.487 e. The molecule has 1 N–H and O–H groups in total. The molecule has 0 aliphatic heterocycles. The Balaban J connectivity index is 2.27. The molecule has 0 aliphatic rings. The van der Waals surface area contributed by atoms with Crippen LogP contribution >= 0.6 is 46.4 Å². The van der Waals surface area contributed by atoms with E-state index in [4.69, 9.17) is 56.3 Å². The predicted molar refractivity (Wildman–Crippen MR) is 86.6 cm³/mol. The molecule has 0 atom stereocenters. The molecule has 2 rings (SSSR count). The Morgan fingerprint density at radius 1 is 1.00 bits per heavy atom. The highest BCUT2D eigenvalue weighted by Crippen LogP contribution is 2.33. The predicted octanol–water partition coefficient (Wildman–Crippen LogP) is 5.69. The third kappa shape index (κ3) is 4.17. The SMILES string of the molecule is O/N=C\c1cc(Cl)cc(Cl)c1OCc1ccc(Cl)cc1Cl. The van der Waals surface area contributed by atoms with E-state index in [1.165, 1.54) is 12.3 Å². The van der Waals surface area contributed by atoms with Crippen molar-refractivity contribution >= 4 is 52.6 Å². The second-order valence-corrected chi connectivity index (χ2v) is 5.76. The van der Waals surface area contributed by atoms with Crippen molar-refractivity contribution in [3.63, 3.8) is 0 Å². The fourth-order valence-corrected chi connectivity index (χ4v) is 2.71. The summed E-state index contributed by atoms with van der Waals surface area (Å²) >= 11 is 23.9. The molecule has 0 unspecified atom stereocenters. The molecule has 7 heteroatoms. The molecule has 0 aromatic heterocycles. The Hall–Kier alpha value is -1.13. The number of hydrogen-bond donors (Lipinski definition) is 1. The maximum Gasteiger partial charge on any atom is 0.147 e. The smallest absolute Gasteiger partial charge is 0.147 e. The first kappa shape index (κ1) is 16.2. The van der Waals surface area contributed by atoms with Gasteiger partial charge in [-0.1, -0.05) is 57.6 Å². The van der Waals surface area contributed by atoms with E-state index < -0.39 is 0 Å². The van der Waals surface area contributed by atoms with Gasteiger partial charge in [0.15, 0.2) is 0 Å². The lowest BCUT2D eigenvalue weighted by Crippen LogP contribution is -2.00. The van der Waals surface area contributed by atoms with Gasteiger partial charge in [-0.2, -0.15) is 0 Å². The molecular weight excluding hydrogens is 356 g/mol. The van der Waals surface area contributed by atoms with Crippen LogP contribution in [0.4, 0.5) is 0 Å². The van der Waals surface area contributed by atoms with Crippen LogP contribution in [-0.4, -0.2) is 11.4 Å². The van der Waals surface area contributed by atoms with Gasteiger partial charge < -0.3 is 9.94 Å². The molecule has 2 aromatic carbocycles. The Labute approximate surface area is 141 Å². The standard InChI is InChI=1S/C14H9Cl4NO2/c15-10-2-1-8(12(17)4-10)7-21-14-9(6-19-20)3-11(16)5-13(14)18/h1-6,20H,7H2/b19-6-. The van der Waals surface area contributed by atoms with Gasteiger partial charge in [0, 0.05) is 26.2 Å². The fraction of sp³-hybridized carbons (Fsp3) is 0.0714. The lowest BCUT2D eigenvalue weighted by molar-refractivity contribution is 0.304. The minimum Gasteiger partial charge on any atom is -0.487 e. The van der Waals surface area contributed by atoms with Crippen molar-refractivity contribution in [2.75, 3.05) is 0 Å². The van der Waals surface area contributed by atoms with Gasteiger partial charge in [-0.05, 0) is 24.3 Å². The minimum absolute atomic E-state index is 0.184. The molecule has 0 spiro atoms. The van der Waals surface area contributed by atoms with Gasteiger partial charge in [-0.25, -0.2) is 0 Å². The molecule has 0 fully saturated rings. The second kappa shape index (κ2) is 7.23. The summed E-state index contributed by atoms with van der Waals surface area (Å²) in [6, 6.07) is 8.21. The molecule has 2 aromatic rings. The number of benzene rings is 2. The molecule has 0 aliphatic carbocycles. The highest BCUT2D eigenvalue weighted by molar-refractivity contribution is 6.36. The van der Waals surface area contributed by atoms with Gasteiger partial charge in [-0.3, -0.25) is 0 Å². The quantitative estimate of drug-likeness (QED) is 0.430. The van der Waals surface area contributed by atoms with Crippen LogP contribution in [0.25, 0.3) is 0 Å². The van der Waals surface area contributed by atoms with Crippen LogP contribution in [0.3, 0.4) is 0 Å². The average Bonchev–Trinajstić information content (AvgIpc) is 2.40. The van der Waals surface area contributed by atoms with E-state index in [-0.39, 0.29) is 6.61 Å². The van der Waals surface area contributed by atoms with E-state index in [0.717, 1.165) is 5.56 Å². The summed E-state index contributed by atoms with van der Waals surface area (Å²) in [6.07, 6.45) is 1.19. The van der Waals surface area contributed by atoms with Gasteiger partial charge in [0.05, 0.1) is 11.2 Å². The van der Waals surface area contributed by atoms with E-state index >= 15 is 0 Å². The number of nitrogens with zero attached hydrogens (tertiary/aromatic N) is 1. The summed E-state index contributed by atoms with van der Waals surface area (Å²) < 4.78 is 5.66. The average molecular weight is 365 g/mol. The zero-order chi connectivity index (χ0) is 15.4. The lowest BCUT2D eigenvalue weighted by atomic mass is 10.2. The van der Waals surface area contributed by atoms with E-state index in [1.807, 2.05) is 0 Å². The molecule has 0 heterocycles. The number of hydrogen-bond acceptors (Lipinski definition) is 3. The van der Waals surface area contributed by atoms with Crippen LogP contribution in [0, 0.1) is 0 Å². The Kier molecular flexibility index (Phi) is 5.59. The highest BCUT2D eigenvalue weighted by atomic mass is 35.5. The Morgan fingerprint density at radius 3 is 2.38 bits per heavy atom. The molecule has 0 saturated carbocycles. The van der Waals surface area contributed by atoms with Crippen LogP contribution in [0.2, 0.25) is 20.1 Å². The van der Waals surface area contributed by atoms with Gasteiger partial charge in [0.2, 0.25) is 0 Å². The number of ether oxygens (including phenoxy) is 1. The van der Waals surface area contributed by atoms with Crippen molar-refractivity contribution in [3.8, 4) is 5.75 Å². The molecule has 0 radical (unpaired) electrons. The van der Waals surface area contributed by atoms with E-state index in [2.05, 4.69) is 5.16 Å². The van der Waals surface area contributed by atoms with Gasteiger partial charge in [0.25, 0.3) is 0 Å². The second-order valence-electron chi connectivity index (χ2n) is 4.07. The third-order valence-corrected chi connectivity index (χ3v) is 3.71. The molecule has 110 valence electrons. The van der Waals surface area contributed by atoms with Gasteiger partial charge in [0.1, 0.15) is 12.4 Å². The van der Waals surface area contributed by atoms with E-state index in [1.54, 1.807) is 24.3 Å². The van der Waals surface area contributed by atoms with Crippen LogP contribution in [0.1, 0.15) is 11.1 Å². The van der Waals surface area contributed by atoms with Crippen molar-refractivity contribution in [1.82, 2.24) is 0 Å². The van der Waals surface area contributed by atoms with Gasteiger partial charge in [-0.15, -0.1) is 0 Å². The summed E-state index contributed by atoms with van der Waals surface area (Å²) in [5.41, 5.74) is 1.21. The van der Waals surface area contributed by atoms with E-state index in [9.17, 15) is 0 Å². The summed E-state index contributed by atoms with van der Waals surface area (Å²) in [7, 11) is 0. The topological polar surface area (TPSA) is 41.8 Å². The van der Waals surface area contributed by atoms with Gasteiger partial charge >= 0.3 is 0 Å². The van der Waals surface area contributed by atoms with Crippen molar-refractivity contribution < 1.29 is 9.94 Å². The van der Waals surface area contributed by atoms with Crippen LogP contribution in [0.5, 0.6) is 5.75 Å². The van der Waals surface area contributed by atoms with Crippen molar-refractivity contribution in [2.24, 2.45) is 5.16 Å². The zero-order valence-electron chi connectivity index (χ0n) is 10.5. The maximum absolute atomic E-state index is 8.68. The van der Waals surface area contributed by atoms with Crippen molar-refractivity contribution in [3.05, 3.63) is 61.5 Å². The number of halogens is 4. The first-order chi connectivity index (χ1) is 10.0. The van der Waals surface area contributed by atoms with Crippen LogP contribution in [0.15, 0.2) is 35.5 Å². The zero-order valence-corrected chi connectivity index (χ0v) is 13.5. The number of oxime groups is 1. The molecular formula is C14H9Cl4NO2. The van der Waals surface area contributed by atoms with Crippen LogP contribution < -0.4 is 4.74 Å². The van der Waals surface area contributed by atoms with E-state index in [0.29, 0.717) is 31.4 Å². The van der Waals surface area contributed by atoms with Crippen molar-refractivity contribution in [1.29, 1.82) is 0 Å². The van der Waals surface area contributed by atoms with Crippen LogP contribution in [-0.2, 0) is 6.61 Å². The molecule has 3 nitrogen and oxygen atoms in total. The lowest BCUT2D eigenvalue weighted by Gasteiger charge is -2.12. The first-order valence-electron chi connectivity index (χ1n) is 5.74. The first-order valence-corrected chi connectivity index (χ1v) is 7.25. The highest BCUT2D eigenvalue weighted by Gasteiger charge is 2.11. The number of rotatable bonds is 4. The summed E-state index contributed by atoms with van der Waals surface area (Å²) in [5.74, 6) is 0.352. The monoisotopic (exact) mass is 363 g/mol. The third-order valence-electron chi connectivity index (χ3n) is 2.62. The molecule has 0 bridgehead atoms. The summed E-state index contributed by atoms with van der Waals surface area (Å²) in [5, 5.41) is 13.4. The Bertz CT molecular complexity index is 689. The minimum atomic E-state index is 0.184. The fourth-order valence-electron chi connectivity index (χ4n) is 1.68. The summed E-state index contributed by atoms with van der Waals surface area (Å²) in [6.45, 7) is 0.184. The van der Waals surface area contributed by atoms with Crippen molar-refractivity contribution in [2.45, 2.75) is 6.61 Å². The normalized spacial score (nSPS) is 11.0. The maximum atomic E-state index is 8.68. The molecule has 21 heavy (non-hydrogen) atoms. The molecule has 0 saturated heterocycles.